The average molecular weight is 1380 g/mol. The minimum atomic E-state index is 0.775. The lowest BCUT2D eigenvalue weighted by molar-refractivity contribution is 0.665. The Hall–Kier alpha value is -14.5. The highest BCUT2D eigenvalue weighted by Crippen LogP contribution is 2.52. The van der Waals surface area contributed by atoms with Gasteiger partial charge in [0.15, 0.2) is 11.2 Å². The Kier molecular flexibility index (Phi) is 14.8. The SMILES string of the molecule is c1ccc(-c2ccc(-c3c4oc5c(N(c6ccccc6)c6ccc(-c7ccc(-c8cccc9c8oc8cc%10c(oc%11c(N(c%12ccc(-c%13ccccc%13)cc%12)c%12ccc(-c%13ccccc%13)cc%12)cccc%11%10)c(-c%10ccc(-c%11ccccc%11)cc%10)c89)cc7)cc6)cccc5c4cc4oc5ccccc5c34)cc2)cc1. The molecule has 6 nitrogen and oxygen atoms in total. The maximum Gasteiger partial charge on any atom is 0.159 e. The van der Waals surface area contributed by atoms with Gasteiger partial charge in [0.2, 0.25) is 0 Å². The summed E-state index contributed by atoms with van der Waals surface area (Å²) < 4.78 is 28.9. The molecule has 0 atom stereocenters. The van der Waals surface area contributed by atoms with Gasteiger partial charge in [0.25, 0.3) is 0 Å². The van der Waals surface area contributed by atoms with E-state index in [0.717, 1.165) is 205 Å². The van der Waals surface area contributed by atoms with Gasteiger partial charge in [-0.05, 0) is 151 Å². The Morgan fingerprint density at radius 3 is 0.898 bits per heavy atom. The molecule has 0 bridgehead atoms. The number of fused-ring (bicyclic) bond motifs is 12. The number of anilines is 6. The smallest absolute Gasteiger partial charge is 0.159 e. The van der Waals surface area contributed by atoms with Gasteiger partial charge in [0.1, 0.15) is 33.5 Å². The molecule has 0 saturated carbocycles. The highest BCUT2D eigenvalue weighted by Gasteiger charge is 2.28. The largest absolute Gasteiger partial charge is 0.456 e. The second-order valence-corrected chi connectivity index (χ2v) is 27.7. The first-order valence-corrected chi connectivity index (χ1v) is 36.7. The van der Waals surface area contributed by atoms with Gasteiger partial charge in [-0.25, -0.2) is 0 Å². The molecule has 21 aromatic rings. The molecule has 0 aliphatic heterocycles. The number of furan rings is 4. The van der Waals surface area contributed by atoms with Crippen LogP contribution >= 0.6 is 0 Å². The van der Waals surface area contributed by atoms with Gasteiger partial charge in [-0.2, -0.15) is 0 Å². The van der Waals surface area contributed by atoms with E-state index in [9.17, 15) is 0 Å². The van der Waals surface area contributed by atoms with E-state index in [2.05, 4.69) is 386 Å². The molecule has 0 unspecified atom stereocenters. The Labute approximate surface area is 622 Å². The minimum Gasteiger partial charge on any atom is -0.456 e. The number of hydrogen-bond donors (Lipinski definition) is 0. The predicted molar refractivity (Wildman–Crippen MR) is 448 cm³/mol. The standard InChI is InChI=1S/C102H64N2O4/c1-6-21-65(22-7-1)69-41-47-76(48-42-69)94-96-85-31-16-17-38-91(85)105-92(96)63-87-83-33-19-36-89(99(83)107-101(87)94)103(78-29-14-5-15-30-78)79-61-55-74(56-62-79)71-39-45-75(46-40-71)82-32-18-35-86-97-93(106-98(82)86)64-88-84-34-20-37-90(100(84)108-102(88)95(97)77-49-43-70(44-50-77)66-23-8-2-9-24-66)104(80-57-51-72(52-58-80)67-25-10-3-11-26-67)81-59-53-73(54-60-81)68-27-12-4-13-28-68/h1-64H. The summed E-state index contributed by atoms with van der Waals surface area (Å²) in [5.74, 6) is 0. The van der Waals surface area contributed by atoms with Crippen LogP contribution in [0.1, 0.15) is 0 Å². The highest BCUT2D eigenvalue weighted by atomic mass is 16.3. The van der Waals surface area contributed by atoms with Crippen molar-refractivity contribution in [3.8, 4) is 89.0 Å². The summed E-state index contributed by atoms with van der Waals surface area (Å²) in [5, 5.41) is 8.02. The fraction of sp³-hybridized carbons (Fsp3) is 0. The molecule has 4 aromatic heterocycles. The monoisotopic (exact) mass is 1380 g/mol. The number of para-hydroxylation sites is 5. The molecule has 17 aromatic carbocycles. The van der Waals surface area contributed by atoms with Crippen molar-refractivity contribution in [3.63, 3.8) is 0 Å². The van der Waals surface area contributed by atoms with Crippen LogP contribution in [0.4, 0.5) is 34.1 Å². The van der Waals surface area contributed by atoms with Crippen molar-refractivity contribution in [1.29, 1.82) is 0 Å². The van der Waals surface area contributed by atoms with Gasteiger partial charge in [0.05, 0.1) is 11.4 Å². The lowest BCUT2D eigenvalue weighted by Gasteiger charge is -2.26. The molecule has 21 rings (SSSR count). The van der Waals surface area contributed by atoms with Crippen LogP contribution in [0, 0.1) is 0 Å². The van der Waals surface area contributed by atoms with Crippen LogP contribution in [0.15, 0.2) is 406 Å². The van der Waals surface area contributed by atoms with Crippen LogP contribution in [0.3, 0.4) is 0 Å². The number of rotatable bonds is 14. The van der Waals surface area contributed by atoms with Crippen LogP contribution in [0.25, 0.3) is 177 Å². The van der Waals surface area contributed by atoms with Gasteiger partial charge < -0.3 is 27.5 Å². The summed E-state index contributed by atoms with van der Waals surface area (Å²) in [5.41, 5.74) is 29.8. The summed E-state index contributed by atoms with van der Waals surface area (Å²) >= 11 is 0. The molecule has 0 radical (unpaired) electrons. The summed E-state index contributed by atoms with van der Waals surface area (Å²) in [4.78, 5) is 4.62. The van der Waals surface area contributed by atoms with Crippen molar-refractivity contribution in [2.75, 3.05) is 9.80 Å². The third-order valence-corrected chi connectivity index (χ3v) is 21.5. The van der Waals surface area contributed by atoms with E-state index in [-0.39, 0.29) is 0 Å². The Morgan fingerprint density at radius 2 is 0.472 bits per heavy atom. The second-order valence-electron chi connectivity index (χ2n) is 27.7. The highest BCUT2D eigenvalue weighted by molar-refractivity contribution is 6.27. The normalized spacial score (nSPS) is 11.7. The van der Waals surface area contributed by atoms with Gasteiger partial charge in [0, 0.05) is 82.5 Å². The molecular weight excluding hydrogens is 1320 g/mol. The Balaban J connectivity index is 0.656. The van der Waals surface area contributed by atoms with Crippen molar-refractivity contribution < 1.29 is 17.7 Å². The minimum absolute atomic E-state index is 0.775. The number of hydrogen-bond acceptors (Lipinski definition) is 6. The molecule has 506 valence electrons. The van der Waals surface area contributed by atoms with Crippen LogP contribution in [0.5, 0.6) is 0 Å². The number of benzene rings is 17. The van der Waals surface area contributed by atoms with Crippen molar-refractivity contribution in [3.05, 3.63) is 388 Å². The van der Waals surface area contributed by atoms with Gasteiger partial charge >= 0.3 is 0 Å². The van der Waals surface area contributed by atoms with Crippen LogP contribution in [-0.4, -0.2) is 0 Å². The van der Waals surface area contributed by atoms with Crippen LogP contribution in [-0.2, 0) is 0 Å². The molecule has 0 saturated heterocycles. The first-order valence-electron chi connectivity index (χ1n) is 36.7. The van der Waals surface area contributed by atoms with Crippen molar-refractivity contribution in [2.24, 2.45) is 0 Å². The van der Waals surface area contributed by atoms with E-state index in [4.69, 9.17) is 17.7 Å². The molecule has 0 aliphatic carbocycles. The van der Waals surface area contributed by atoms with Gasteiger partial charge in [-0.1, -0.05) is 309 Å². The third-order valence-electron chi connectivity index (χ3n) is 21.5. The van der Waals surface area contributed by atoms with E-state index in [0.29, 0.717) is 0 Å². The molecule has 108 heavy (non-hydrogen) atoms. The Bertz CT molecular complexity index is 6870. The fourth-order valence-electron chi connectivity index (χ4n) is 16.3. The summed E-state index contributed by atoms with van der Waals surface area (Å²) in [6.07, 6.45) is 0. The third kappa shape index (κ3) is 10.6. The summed E-state index contributed by atoms with van der Waals surface area (Å²) in [6.45, 7) is 0. The van der Waals surface area contributed by atoms with Gasteiger partial charge in [-0.15, -0.1) is 0 Å². The molecule has 0 spiro atoms. The van der Waals surface area contributed by atoms with E-state index < -0.39 is 0 Å². The predicted octanol–water partition coefficient (Wildman–Crippen LogP) is 29.6. The van der Waals surface area contributed by atoms with Gasteiger partial charge in [-0.3, -0.25) is 0 Å². The lowest BCUT2D eigenvalue weighted by atomic mass is 9.93. The quantitative estimate of drug-likeness (QED) is 0.108. The first-order chi connectivity index (χ1) is 53.5. The molecule has 0 N–H and O–H groups in total. The maximum atomic E-state index is 7.54. The average Bonchev–Trinajstić information content (AvgIpc) is 1.56. The van der Waals surface area contributed by atoms with E-state index in [1.807, 2.05) is 12.1 Å². The van der Waals surface area contributed by atoms with E-state index >= 15 is 0 Å². The zero-order chi connectivity index (χ0) is 71.2. The Morgan fingerprint density at radius 1 is 0.167 bits per heavy atom. The first kappa shape index (κ1) is 62.1. The zero-order valence-corrected chi connectivity index (χ0v) is 58.5. The molecule has 0 fully saturated rings. The fourth-order valence-corrected chi connectivity index (χ4v) is 16.3. The van der Waals surface area contributed by atoms with Crippen LogP contribution in [0.2, 0.25) is 0 Å². The van der Waals surface area contributed by atoms with Crippen molar-refractivity contribution in [1.82, 2.24) is 0 Å². The zero-order valence-electron chi connectivity index (χ0n) is 58.5. The number of nitrogens with zero attached hydrogens (tertiary/aromatic N) is 2. The summed E-state index contributed by atoms with van der Waals surface area (Å²) in [7, 11) is 0. The molecule has 0 aliphatic rings. The molecule has 6 heteroatoms. The van der Waals surface area contributed by atoms with E-state index in [1.54, 1.807) is 0 Å². The van der Waals surface area contributed by atoms with E-state index in [1.165, 1.54) is 5.56 Å². The maximum absolute atomic E-state index is 7.54. The topological polar surface area (TPSA) is 59.0 Å². The van der Waals surface area contributed by atoms with Crippen molar-refractivity contribution >= 4 is 122 Å². The second kappa shape index (κ2) is 25.7. The lowest BCUT2D eigenvalue weighted by Crippen LogP contribution is -2.10. The van der Waals surface area contributed by atoms with Crippen LogP contribution < -0.4 is 9.80 Å². The van der Waals surface area contributed by atoms with Crippen molar-refractivity contribution in [2.45, 2.75) is 0 Å². The molecule has 4 heterocycles. The molecule has 0 amide bonds. The molecular formula is C102H64N2O4. The summed E-state index contributed by atoms with van der Waals surface area (Å²) in [6, 6.07) is 138.